The molecule has 0 spiro atoms. The maximum atomic E-state index is 12.7. The lowest BCUT2D eigenvalue weighted by Gasteiger charge is -2.26. The minimum Gasteiger partial charge on any atom is -0.508 e. The number of para-hydroxylation sites is 1. The predicted molar refractivity (Wildman–Crippen MR) is 87.5 cm³/mol. The van der Waals surface area contributed by atoms with Gasteiger partial charge in [-0.1, -0.05) is 30.3 Å². The van der Waals surface area contributed by atoms with Gasteiger partial charge in [0, 0.05) is 17.1 Å². The van der Waals surface area contributed by atoms with Gasteiger partial charge in [-0.25, -0.2) is 0 Å². The zero-order valence-corrected chi connectivity index (χ0v) is 13.9. The van der Waals surface area contributed by atoms with Gasteiger partial charge in [-0.2, -0.15) is 0 Å². The van der Waals surface area contributed by atoms with Crippen molar-refractivity contribution in [3.05, 3.63) is 63.6 Å². The van der Waals surface area contributed by atoms with Crippen LogP contribution >= 0.6 is 15.9 Å². The standard InChI is InChI=1S/C17H18BrNO2/c1-11-7-6-9-14(16(11)18)17(21)19(3)12(2)13-8-4-5-10-15(13)20/h4-10,12,20H,1-3H3. The first-order chi connectivity index (χ1) is 9.93. The van der Waals surface area contributed by atoms with Crippen LogP contribution in [0.5, 0.6) is 5.75 Å². The summed E-state index contributed by atoms with van der Waals surface area (Å²) in [5.74, 6) is 0.120. The Balaban J connectivity index is 2.31. The largest absolute Gasteiger partial charge is 0.508 e. The fraction of sp³-hybridized carbons (Fsp3) is 0.235. The number of rotatable bonds is 3. The van der Waals surface area contributed by atoms with Gasteiger partial charge < -0.3 is 10.0 Å². The number of halogens is 1. The minimum atomic E-state index is -0.217. The van der Waals surface area contributed by atoms with Crippen molar-refractivity contribution in [3.63, 3.8) is 0 Å². The Labute approximate surface area is 133 Å². The number of aromatic hydroxyl groups is 1. The van der Waals surface area contributed by atoms with Gasteiger partial charge in [0.2, 0.25) is 0 Å². The SMILES string of the molecule is Cc1cccc(C(=O)N(C)C(C)c2ccccc2O)c1Br. The first-order valence-electron chi connectivity index (χ1n) is 6.73. The molecule has 4 heteroatoms. The summed E-state index contributed by atoms with van der Waals surface area (Å²) in [5.41, 5.74) is 2.38. The Hall–Kier alpha value is -1.81. The molecule has 110 valence electrons. The van der Waals surface area contributed by atoms with Crippen LogP contribution in [0.15, 0.2) is 46.9 Å². The fourth-order valence-electron chi connectivity index (χ4n) is 2.23. The van der Waals surface area contributed by atoms with E-state index in [1.165, 1.54) is 0 Å². The normalized spacial score (nSPS) is 12.0. The maximum Gasteiger partial charge on any atom is 0.255 e. The van der Waals surface area contributed by atoms with Gasteiger partial charge >= 0.3 is 0 Å². The molecular formula is C17H18BrNO2. The lowest BCUT2D eigenvalue weighted by molar-refractivity contribution is 0.0740. The second kappa shape index (κ2) is 6.31. The van der Waals surface area contributed by atoms with Crippen molar-refractivity contribution in [2.75, 3.05) is 7.05 Å². The molecule has 1 amide bonds. The summed E-state index contributed by atoms with van der Waals surface area (Å²) in [6, 6.07) is 12.5. The highest BCUT2D eigenvalue weighted by Crippen LogP contribution is 2.30. The van der Waals surface area contributed by atoms with E-state index in [4.69, 9.17) is 0 Å². The quantitative estimate of drug-likeness (QED) is 0.899. The van der Waals surface area contributed by atoms with Gasteiger partial charge in [-0.3, -0.25) is 4.79 Å². The molecule has 0 aromatic heterocycles. The van der Waals surface area contributed by atoms with Gasteiger partial charge in [0.25, 0.3) is 5.91 Å². The highest BCUT2D eigenvalue weighted by atomic mass is 79.9. The molecule has 0 saturated heterocycles. The van der Waals surface area contributed by atoms with Crippen LogP contribution in [-0.4, -0.2) is 23.0 Å². The molecule has 0 aliphatic carbocycles. The number of hydrogen-bond donors (Lipinski definition) is 1. The average Bonchev–Trinajstić information content (AvgIpc) is 2.48. The maximum absolute atomic E-state index is 12.7. The number of phenolic OH excluding ortho intramolecular Hbond substituents is 1. The van der Waals surface area contributed by atoms with Gasteiger partial charge in [0.1, 0.15) is 5.75 Å². The number of amides is 1. The molecule has 0 aliphatic rings. The van der Waals surface area contributed by atoms with E-state index < -0.39 is 0 Å². The Morgan fingerprint density at radius 1 is 1.19 bits per heavy atom. The molecule has 0 fully saturated rings. The van der Waals surface area contributed by atoms with E-state index in [2.05, 4.69) is 15.9 Å². The molecule has 2 rings (SSSR count). The summed E-state index contributed by atoms with van der Waals surface area (Å²) in [7, 11) is 1.74. The van der Waals surface area contributed by atoms with Crippen LogP contribution in [0.25, 0.3) is 0 Å². The molecule has 0 heterocycles. The zero-order chi connectivity index (χ0) is 15.6. The summed E-state index contributed by atoms with van der Waals surface area (Å²) >= 11 is 3.47. The highest BCUT2D eigenvalue weighted by molar-refractivity contribution is 9.10. The highest BCUT2D eigenvalue weighted by Gasteiger charge is 2.22. The van der Waals surface area contributed by atoms with Crippen molar-refractivity contribution in [2.45, 2.75) is 19.9 Å². The zero-order valence-electron chi connectivity index (χ0n) is 12.3. The number of carbonyl (C=O) groups excluding carboxylic acids is 1. The predicted octanol–water partition coefficient (Wildman–Crippen LogP) is 4.30. The van der Waals surface area contributed by atoms with Crippen LogP contribution in [0, 0.1) is 6.92 Å². The topological polar surface area (TPSA) is 40.5 Å². The number of phenols is 1. The molecule has 2 aromatic rings. The van der Waals surface area contributed by atoms with Crippen molar-refractivity contribution in [1.29, 1.82) is 0 Å². The Kier molecular flexibility index (Phi) is 4.68. The van der Waals surface area contributed by atoms with Gasteiger partial charge in [-0.15, -0.1) is 0 Å². The third kappa shape index (κ3) is 3.10. The second-order valence-electron chi connectivity index (χ2n) is 5.09. The van der Waals surface area contributed by atoms with Gasteiger partial charge in [-0.05, 0) is 47.5 Å². The van der Waals surface area contributed by atoms with E-state index in [1.807, 2.05) is 38.1 Å². The van der Waals surface area contributed by atoms with Crippen LogP contribution in [0.3, 0.4) is 0 Å². The summed E-state index contributed by atoms with van der Waals surface area (Å²) in [6.45, 7) is 3.85. The lowest BCUT2D eigenvalue weighted by atomic mass is 10.0. The van der Waals surface area contributed by atoms with E-state index in [-0.39, 0.29) is 17.7 Å². The van der Waals surface area contributed by atoms with Crippen LogP contribution in [0.1, 0.15) is 34.5 Å². The second-order valence-corrected chi connectivity index (χ2v) is 5.88. The molecule has 1 atom stereocenters. The smallest absolute Gasteiger partial charge is 0.255 e. The van der Waals surface area contributed by atoms with E-state index in [1.54, 1.807) is 30.1 Å². The monoisotopic (exact) mass is 347 g/mol. The minimum absolute atomic E-state index is 0.0821. The van der Waals surface area contributed by atoms with Crippen LogP contribution in [-0.2, 0) is 0 Å². The fourth-order valence-corrected chi connectivity index (χ4v) is 2.66. The van der Waals surface area contributed by atoms with Crippen LogP contribution < -0.4 is 0 Å². The molecule has 1 unspecified atom stereocenters. The molecule has 21 heavy (non-hydrogen) atoms. The van der Waals surface area contributed by atoms with Crippen molar-refractivity contribution >= 4 is 21.8 Å². The first-order valence-corrected chi connectivity index (χ1v) is 7.53. The molecule has 1 N–H and O–H groups in total. The molecular weight excluding hydrogens is 330 g/mol. The van der Waals surface area contributed by atoms with Crippen LogP contribution in [0.2, 0.25) is 0 Å². The third-order valence-electron chi connectivity index (χ3n) is 3.71. The molecule has 2 aromatic carbocycles. The van der Waals surface area contributed by atoms with E-state index in [9.17, 15) is 9.90 Å². The van der Waals surface area contributed by atoms with Crippen molar-refractivity contribution < 1.29 is 9.90 Å². The summed E-state index contributed by atoms with van der Waals surface area (Å²) < 4.78 is 0.811. The number of benzene rings is 2. The van der Waals surface area contributed by atoms with Crippen LogP contribution in [0.4, 0.5) is 0 Å². The summed E-state index contributed by atoms with van der Waals surface area (Å²) in [4.78, 5) is 14.3. The van der Waals surface area contributed by atoms with E-state index >= 15 is 0 Å². The molecule has 0 bridgehead atoms. The van der Waals surface area contributed by atoms with E-state index in [0.717, 1.165) is 15.6 Å². The summed E-state index contributed by atoms with van der Waals surface area (Å²) in [5, 5.41) is 9.93. The Bertz CT molecular complexity index is 670. The van der Waals surface area contributed by atoms with Gasteiger partial charge in [0.05, 0.1) is 11.6 Å². The number of carbonyl (C=O) groups is 1. The lowest BCUT2D eigenvalue weighted by Crippen LogP contribution is -2.30. The van der Waals surface area contributed by atoms with Crippen molar-refractivity contribution in [1.82, 2.24) is 4.90 Å². The number of hydrogen-bond acceptors (Lipinski definition) is 2. The number of aryl methyl sites for hydroxylation is 1. The van der Waals surface area contributed by atoms with Gasteiger partial charge in [0.15, 0.2) is 0 Å². The van der Waals surface area contributed by atoms with Crippen molar-refractivity contribution in [2.24, 2.45) is 0 Å². The molecule has 3 nitrogen and oxygen atoms in total. The summed E-state index contributed by atoms with van der Waals surface area (Å²) in [6.07, 6.45) is 0. The molecule has 0 radical (unpaired) electrons. The molecule has 0 saturated carbocycles. The Morgan fingerprint density at radius 3 is 2.52 bits per heavy atom. The number of nitrogens with zero attached hydrogens (tertiary/aromatic N) is 1. The third-order valence-corrected chi connectivity index (χ3v) is 4.76. The molecule has 0 aliphatic heterocycles. The average molecular weight is 348 g/mol. The Morgan fingerprint density at radius 2 is 1.86 bits per heavy atom. The van der Waals surface area contributed by atoms with E-state index in [0.29, 0.717) is 5.56 Å². The van der Waals surface area contributed by atoms with Crippen molar-refractivity contribution in [3.8, 4) is 5.75 Å². The first kappa shape index (κ1) is 15.6.